The first-order chi connectivity index (χ1) is 13.4. The van der Waals surface area contributed by atoms with Gasteiger partial charge in [-0.1, -0.05) is 12.1 Å². The Hall–Kier alpha value is -1.10. The topological polar surface area (TPSA) is 88.5 Å². The molecule has 1 saturated heterocycles. The fraction of sp³-hybridized carbons (Fsp3) is 0.400. The third kappa shape index (κ3) is 11.0. The quantitative estimate of drug-likeness (QED) is 0.738. The number of halogens is 2. The molecule has 3 rings (SSSR count). The van der Waals surface area contributed by atoms with E-state index in [0.717, 1.165) is 12.7 Å². The fourth-order valence-electron chi connectivity index (χ4n) is 2.18. The number of hydrogen-bond donors (Lipinski definition) is 1. The second kappa shape index (κ2) is 15.7. The van der Waals surface area contributed by atoms with Crippen molar-refractivity contribution < 1.29 is 74.4 Å². The third-order valence-corrected chi connectivity index (χ3v) is 3.63. The van der Waals surface area contributed by atoms with Gasteiger partial charge in [-0.25, -0.2) is 4.39 Å². The molecule has 1 aliphatic heterocycles. The Labute approximate surface area is 213 Å². The summed E-state index contributed by atoms with van der Waals surface area (Å²) in [6.07, 6.45) is 4.58. The van der Waals surface area contributed by atoms with Gasteiger partial charge in [0.25, 0.3) is 5.91 Å². The van der Waals surface area contributed by atoms with Crippen LogP contribution >= 0.6 is 0 Å². The first-order valence-corrected chi connectivity index (χ1v) is 8.93. The van der Waals surface area contributed by atoms with Gasteiger partial charge < -0.3 is 20.5 Å². The van der Waals surface area contributed by atoms with Crippen molar-refractivity contribution in [1.29, 1.82) is 0 Å². The molecule has 1 aliphatic rings. The van der Waals surface area contributed by atoms with Crippen molar-refractivity contribution >= 4 is 11.6 Å². The Morgan fingerprint density at radius 2 is 2.10 bits per heavy atom. The zero-order valence-electron chi connectivity index (χ0n) is 17.3. The minimum absolute atomic E-state index is 0. The van der Waals surface area contributed by atoms with Crippen molar-refractivity contribution in [2.45, 2.75) is 32.8 Å². The number of amides is 1. The number of carbonyl (C=O) groups excluding carboxylic acids is 1. The maximum absolute atomic E-state index is 12.7. The van der Waals surface area contributed by atoms with E-state index in [1.807, 2.05) is 0 Å². The van der Waals surface area contributed by atoms with Crippen LogP contribution in [0.1, 0.15) is 37.2 Å². The minimum Gasteiger partial charge on any atom is -0.687 e. The number of nitrogens with two attached hydrogens (primary N) is 1. The van der Waals surface area contributed by atoms with Crippen LogP contribution in [0.5, 0.6) is 5.75 Å². The standard InChI is InChI=1S/C8H8F2O.C7H9N3O.C5H10O.K/c1-2-11-7-5-3-4-6(9)8(7)10;1-9-5-2-3-10-6(4-5)7(8)11;1-5-3-2-4-6-5;/h3-5H,2H2,1H3;2-4H,1H3,(H3,8,9,10,11);5H,2-4H2,1H3;/q;;;+1/p-1. The number of carbonyl (C=O) groups is 1. The van der Waals surface area contributed by atoms with E-state index < -0.39 is 17.5 Å². The zero-order valence-corrected chi connectivity index (χ0v) is 20.4. The van der Waals surface area contributed by atoms with Crippen LogP contribution in [0.4, 0.5) is 14.5 Å². The largest absolute Gasteiger partial charge is 1.00 e. The average molecular weight is 434 g/mol. The van der Waals surface area contributed by atoms with Crippen molar-refractivity contribution in [3.63, 3.8) is 0 Å². The summed E-state index contributed by atoms with van der Waals surface area (Å²) in [5.74, 6) is -2.37. The first kappa shape index (κ1) is 27.9. The molecule has 1 atom stereocenters. The van der Waals surface area contributed by atoms with Crippen LogP contribution in [0, 0.1) is 11.6 Å². The van der Waals surface area contributed by atoms with Gasteiger partial charge in [0.2, 0.25) is 5.82 Å². The van der Waals surface area contributed by atoms with E-state index in [1.54, 1.807) is 26.1 Å². The second-order valence-electron chi connectivity index (χ2n) is 5.80. The van der Waals surface area contributed by atoms with E-state index in [9.17, 15) is 13.6 Å². The number of pyridine rings is 1. The SMILES string of the molecule is CC1CCCO1.CCOc1cccc(F)c1F.C[N-]c1ccnc(C(N)=O)c1.[K+]. The second-order valence-corrected chi connectivity index (χ2v) is 5.80. The molecule has 1 amide bonds. The third-order valence-electron chi connectivity index (χ3n) is 3.63. The summed E-state index contributed by atoms with van der Waals surface area (Å²) in [6.45, 7) is 5.15. The molecule has 0 radical (unpaired) electrons. The Balaban J connectivity index is 0.000000415. The monoisotopic (exact) mass is 433 g/mol. The molecule has 1 aromatic heterocycles. The molecule has 154 valence electrons. The maximum Gasteiger partial charge on any atom is 1.00 e. The van der Waals surface area contributed by atoms with Crippen molar-refractivity contribution in [2.24, 2.45) is 5.73 Å². The molecule has 29 heavy (non-hydrogen) atoms. The van der Waals surface area contributed by atoms with Crippen LogP contribution in [-0.4, -0.2) is 37.3 Å². The molecule has 6 nitrogen and oxygen atoms in total. The molecule has 2 N–H and O–H groups in total. The Kier molecular flexibility index (Phi) is 15.1. The number of nitrogens with zero attached hydrogens (tertiary/aromatic N) is 2. The summed E-state index contributed by atoms with van der Waals surface area (Å²) in [7, 11) is 1.64. The van der Waals surface area contributed by atoms with Gasteiger partial charge in [-0.05, 0) is 44.9 Å². The number of benzene rings is 1. The molecule has 1 fully saturated rings. The van der Waals surface area contributed by atoms with Gasteiger partial charge >= 0.3 is 51.4 Å². The molecule has 1 aromatic carbocycles. The van der Waals surface area contributed by atoms with E-state index in [4.69, 9.17) is 15.2 Å². The van der Waals surface area contributed by atoms with E-state index in [1.165, 1.54) is 31.2 Å². The molecule has 9 heteroatoms. The first-order valence-electron chi connectivity index (χ1n) is 8.93. The number of rotatable bonds is 4. The maximum atomic E-state index is 12.7. The molecule has 1 unspecified atom stereocenters. The molecule has 0 aliphatic carbocycles. The summed E-state index contributed by atoms with van der Waals surface area (Å²) >= 11 is 0. The number of ether oxygens (including phenoxy) is 2. The summed E-state index contributed by atoms with van der Waals surface area (Å²) in [6, 6.07) is 7.10. The van der Waals surface area contributed by atoms with Crippen LogP contribution in [0.25, 0.3) is 5.32 Å². The van der Waals surface area contributed by atoms with Crippen molar-refractivity contribution in [2.75, 3.05) is 20.3 Å². The summed E-state index contributed by atoms with van der Waals surface area (Å²) in [5.41, 5.74) is 5.94. The summed E-state index contributed by atoms with van der Waals surface area (Å²) in [5, 5.41) is 3.87. The number of aromatic nitrogens is 1. The zero-order chi connectivity index (χ0) is 20.9. The van der Waals surface area contributed by atoms with Gasteiger partial charge in [0.15, 0.2) is 11.6 Å². The smallest absolute Gasteiger partial charge is 0.687 e. The van der Waals surface area contributed by atoms with Crippen LogP contribution < -0.4 is 61.9 Å². The summed E-state index contributed by atoms with van der Waals surface area (Å²) in [4.78, 5) is 14.3. The normalized spacial score (nSPS) is 14.3. The Morgan fingerprint density at radius 3 is 2.59 bits per heavy atom. The van der Waals surface area contributed by atoms with Gasteiger partial charge in [-0.15, -0.1) is 12.7 Å². The summed E-state index contributed by atoms with van der Waals surface area (Å²) < 4.78 is 35.1. The van der Waals surface area contributed by atoms with Gasteiger partial charge in [-0.3, -0.25) is 9.78 Å². The molecule has 2 heterocycles. The Morgan fingerprint density at radius 1 is 1.38 bits per heavy atom. The van der Waals surface area contributed by atoms with Crippen molar-refractivity contribution in [3.05, 3.63) is 59.2 Å². The van der Waals surface area contributed by atoms with Gasteiger partial charge in [0.1, 0.15) is 5.69 Å². The molecular formula is C20H26F2KN3O3. The van der Waals surface area contributed by atoms with E-state index in [0.29, 0.717) is 18.4 Å². The molecule has 0 saturated carbocycles. The molecule has 0 spiro atoms. The number of hydrogen-bond acceptors (Lipinski definition) is 4. The van der Waals surface area contributed by atoms with Crippen molar-refractivity contribution in [3.8, 4) is 5.75 Å². The van der Waals surface area contributed by atoms with E-state index in [-0.39, 0.29) is 62.8 Å². The number of primary amides is 1. The average Bonchev–Trinajstić information content (AvgIpc) is 3.17. The van der Waals surface area contributed by atoms with Crippen LogP contribution in [0.2, 0.25) is 0 Å². The Bertz CT molecular complexity index is 745. The van der Waals surface area contributed by atoms with Gasteiger partial charge in [0, 0.05) is 12.8 Å². The van der Waals surface area contributed by atoms with Crippen LogP contribution in [0.3, 0.4) is 0 Å². The molecule has 2 aromatic rings. The van der Waals surface area contributed by atoms with Gasteiger partial charge in [0.05, 0.1) is 12.7 Å². The van der Waals surface area contributed by atoms with Crippen LogP contribution in [-0.2, 0) is 4.74 Å². The fourth-order valence-corrected chi connectivity index (χ4v) is 2.18. The predicted molar refractivity (Wildman–Crippen MR) is 104 cm³/mol. The molecular weight excluding hydrogens is 407 g/mol. The predicted octanol–water partition coefficient (Wildman–Crippen LogP) is 1.37. The van der Waals surface area contributed by atoms with E-state index >= 15 is 0 Å². The van der Waals surface area contributed by atoms with Gasteiger partial charge in [-0.2, -0.15) is 4.39 Å². The van der Waals surface area contributed by atoms with Crippen molar-refractivity contribution in [1.82, 2.24) is 4.98 Å². The van der Waals surface area contributed by atoms with Crippen LogP contribution in [0.15, 0.2) is 36.5 Å². The molecule has 0 bridgehead atoms. The van der Waals surface area contributed by atoms with E-state index in [2.05, 4.69) is 17.2 Å². The minimum atomic E-state index is -0.922.